The molecule has 1 unspecified atom stereocenters. The van der Waals surface area contributed by atoms with Crippen LogP contribution in [0.5, 0.6) is 0 Å². The number of hydrogen-bond acceptors (Lipinski definition) is 1. The lowest BCUT2D eigenvalue weighted by Crippen LogP contribution is -2.28. The van der Waals surface area contributed by atoms with Crippen LogP contribution in [0.2, 0.25) is 0 Å². The summed E-state index contributed by atoms with van der Waals surface area (Å²) in [6.07, 6.45) is 7.31. The SMILES string of the molecule is CCCCC(C)(CC)OCCCC(C)(C)C. The first-order chi connectivity index (χ1) is 7.33. The molecule has 0 fully saturated rings. The maximum atomic E-state index is 6.08. The van der Waals surface area contributed by atoms with E-state index in [1.807, 2.05) is 0 Å². The van der Waals surface area contributed by atoms with Gasteiger partial charge in [0.25, 0.3) is 0 Å². The van der Waals surface area contributed by atoms with Gasteiger partial charge in [0, 0.05) is 6.61 Å². The molecule has 1 nitrogen and oxygen atoms in total. The average Bonchev–Trinajstić information content (AvgIpc) is 2.20. The van der Waals surface area contributed by atoms with E-state index in [0.29, 0.717) is 5.41 Å². The molecule has 0 aliphatic carbocycles. The van der Waals surface area contributed by atoms with Crippen molar-refractivity contribution in [1.29, 1.82) is 0 Å². The lowest BCUT2D eigenvalue weighted by molar-refractivity contribution is -0.0449. The zero-order valence-corrected chi connectivity index (χ0v) is 12.4. The lowest BCUT2D eigenvalue weighted by Gasteiger charge is -2.29. The van der Waals surface area contributed by atoms with Gasteiger partial charge >= 0.3 is 0 Å². The van der Waals surface area contributed by atoms with Gasteiger partial charge in [0.2, 0.25) is 0 Å². The fourth-order valence-corrected chi connectivity index (χ4v) is 1.82. The summed E-state index contributed by atoms with van der Waals surface area (Å²) in [7, 11) is 0. The summed E-state index contributed by atoms with van der Waals surface area (Å²) in [5.41, 5.74) is 0.559. The van der Waals surface area contributed by atoms with Gasteiger partial charge < -0.3 is 4.74 Å². The average molecular weight is 228 g/mol. The summed E-state index contributed by atoms with van der Waals surface area (Å²) < 4.78 is 6.08. The number of hydrogen-bond donors (Lipinski definition) is 0. The highest BCUT2D eigenvalue weighted by Crippen LogP contribution is 2.25. The molecule has 0 bridgehead atoms. The number of rotatable bonds is 8. The van der Waals surface area contributed by atoms with Crippen molar-refractivity contribution in [3.63, 3.8) is 0 Å². The third-order valence-electron chi connectivity index (χ3n) is 3.33. The topological polar surface area (TPSA) is 9.23 Å². The van der Waals surface area contributed by atoms with Crippen molar-refractivity contribution in [2.75, 3.05) is 6.61 Å². The lowest BCUT2D eigenvalue weighted by atomic mass is 9.90. The van der Waals surface area contributed by atoms with E-state index in [-0.39, 0.29) is 5.60 Å². The van der Waals surface area contributed by atoms with Crippen molar-refractivity contribution in [1.82, 2.24) is 0 Å². The summed E-state index contributed by atoms with van der Waals surface area (Å²) in [6, 6.07) is 0. The monoisotopic (exact) mass is 228 g/mol. The largest absolute Gasteiger partial charge is 0.375 e. The Hall–Kier alpha value is -0.0400. The van der Waals surface area contributed by atoms with Gasteiger partial charge in [-0.15, -0.1) is 0 Å². The Kier molecular flexibility index (Phi) is 7.30. The second kappa shape index (κ2) is 7.32. The second-order valence-corrected chi connectivity index (χ2v) is 6.42. The van der Waals surface area contributed by atoms with Crippen molar-refractivity contribution in [3.8, 4) is 0 Å². The minimum atomic E-state index is 0.119. The smallest absolute Gasteiger partial charge is 0.0651 e. The zero-order chi connectivity index (χ0) is 12.7. The molecule has 0 saturated heterocycles. The van der Waals surface area contributed by atoms with Crippen molar-refractivity contribution in [2.24, 2.45) is 5.41 Å². The van der Waals surface area contributed by atoms with Gasteiger partial charge in [0.15, 0.2) is 0 Å². The molecule has 0 aliphatic heterocycles. The van der Waals surface area contributed by atoms with Crippen LogP contribution in [0.25, 0.3) is 0 Å². The Labute approximate surface area is 103 Å². The molecule has 0 aromatic heterocycles. The van der Waals surface area contributed by atoms with Gasteiger partial charge in [0.1, 0.15) is 0 Å². The van der Waals surface area contributed by atoms with E-state index in [1.54, 1.807) is 0 Å². The standard InChI is InChI=1S/C15H32O/c1-7-9-12-15(6,8-2)16-13-10-11-14(3,4)5/h7-13H2,1-6H3. The summed E-state index contributed by atoms with van der Waals surface area (Å²) in [6.45, 7) is 14.6. The predicted molar refractivity (Wildman–Crippen MR) is 72.9 cm³/mol. The summed E-state index contributed by atoms with van der Waals surface area (Å²) in [5, 5.41) is 0. The molecule has 0 aliphatic rings. The van der Waals surface area contributed by atoms with E-state index >= 15 is 0 Å². The van der Waals surface area contributed by atoms with Crippen molar-refractivity contribution >= 4 is 0 Å². The van der Waals surface area contributed by atoms with Crippen molar-refractivity contribution in [3.05, 3.63) is 0 Å². The fraction of sp³-hybridized carbons (Fsp3) is 1.00. The Balaban J connectivity index is 3.77. The quantitative estimate of drug-likeness (QED) is 0.520. The van der Waals surface area contributed by atoms with Crippen molar-refractivity contribution < 1.29 is 4.74 Å². The summed E-state index contributed by atoms with van der Waals surface area (Å²) in [4.78, 5) is 0. The van der Waals surface area contributed by atoms with Gasteiger partial charge in [0.05, 0.1) is 5.60 Å². The molecule has 0 rings (SSSR count). The molecule has 16 heavy (non-hydrogen) atoms. The van der Waals surface area contributed by atoms with Gasteiger partial charge in [-0.3, -0.25) is 0 Å². The van der Waals surface area contributed by atoms with E-state index in [1.165, 1.54) is 32.1 Å². The van der Waals surface area contributed by atoms with Crippen LogP contribution in [0, 0.1) is 5.41 Å². The molecule has 1 heteroatoms. The zero-order valence-electron chi connectivity index (χ0n) is 12.4. The van der Waals surface area contributed by atoms with E-state index in [9.17, 15) is 0 Å². The maximum Gasteiger partial charge on any atom is 0.0651 e. The van der Waals surface area contributed by atoms with Crippen LogP contribution < -0.4 is 0 Å². The number of unbranched alkanes of at least 4 members (excludes halogenated alkanes) is 1. The Morgan fingerprint density at radius 1 is 0.875 bits per heavy atom. The molecule has 0 radical (unpaired) electrons. The van der Waals surface area contributed by atoms with Crippen LogP contribution in [-0.2, 0) is 4.74 Å². The molecule has 1 atom stereocenters. The van der Waals surface area contributed by atoms with Crippen LogP contribution >= 0.6 is 0 Å². The van der Waals surface area contributed by atoms with Crippen LogP contribution in [0.3, 0.4) is 0 Å². The summed E-state index contributed by atoms with van der Waals surface area (Å²) in [5.74, 6) is 0. The molecule has 0 heterocycles. The van der Waals surface area contributed by atoms with E-state index in [4.69, 9.17) is 4.74 Å². The highest BCUT2D eigenvalue weighted by atomic mass is 16.5. The molecule has 0 saturated carbocycles. The minimum absolute atomic E-state index is 0.119. The normalized spacial score (nSPS) is 16.1. The molecular formula is C15H32O. The molecule has 0 N–H and O–H groups in total. The van der Waals surface area contributed by atoms with Gasteiger partial charge in [-0.05, 0) is 38.0 Å². The highest BCUT2D eigenvalue weighted by molar-refractivity contribution is 4.73. The Morgan fingerprint density at radius 2 is 1.50 bits per heavy atom. The predicted octanol–water partition coefficient (Wildman–Crippen LogP) is 5.19. The van der Waals surface area contributed by atoms with Gasteiger partial charge in [-0.25, -0.2) is 0 Å². The summed E-state index contributed by atoms with van der Waals surface area (Å²) >= 11 is 0. The maximum absolute atomic E-state index is 6.08. The first kappa shape index (κ1) is 16.0. The van der Waals surface area contributed by atoms with Crippen LogP contribution in [0.15, 0.2) is 0 Å². The second-order valence-electron chi connectivity index (χ2n) is 6.42. The number of ether oxygens (including phenoxy) is 1. The van der Waals surface area contributed by atoms with E-state index < -0.39 is 0 Å². The Morgan fingerprint density at radius 3 is 1.94 bits per heavy atom. The van der Waals surface area contributed by atoms with Gasteiger partial charge in [-0.2, -0.15) is 0 Å². The fourth-order valence-electron chi connectivity index (χ4n) is 1.82. The Bertz CT molecular complexity index is 169. The minimum Gasteiger partial charge on any atom is -0.375 e. The van der Waals surface area contributed by atoms with Crippen LogP contribution in [-0.4, -0.2) is 12.2 Å². The molecule has 0 amide bonds. The van der Waals surface area contributed by atoms with E-state index in [0.717, 1.165) is 13.0 Å². The molecule has 0 aromatic carbocycles. The molecule has 0 spiro atoms. The highest BCUT2D eigenvalue weighted by Gasteiger charge is 2.21. The first-order valence-electron chi connectivity index (χ1n) is 6.97. The van der Waals surface area contributed by atoms with Crippen LogP contribution in [0.1, 0.15) is 80.1 Å². The molecule has 98 valence electrons. The van der Waals surface area contributed by atoms with E-state index in [2.05, 4.69) is 41.5 Å². The van der Waals surface area contributed by atoms with Gasteiger partial charge in [-0.1, -0.05) is 47.5 Å². The molecule has 0 aromatic rings. The third-order valence-corrected chi connectivity index (χ3v) is 3.33. The van der Waals surface area contributed by atoms with Crippen LogP contribution in [0.4, 0.5) is 0 Å². The molecular weight excluding hydrogens is 196 g/mol. The third kappa shape index (κ3) is 8.15. The van der Waals surface area contributed by atoms with Crippen molar-refractivity contribution in [2.45, 2.75) is 85.7 Å². The first-order valence-corrected chi connectivity index (χ1v) is 6.97.